The monoisotopic (exact) mass is 232 g/mol. The summed E-state index contributed by atoms with van der Waals surface area (Å²) in [6.07, 6.45) is 2.90. The Labute approximate surface area is 97.8 Å². The Morgan fingerprint density at radius 1 is 1.29 bits per heavy atom. The zero-order valence-electron chi connectivity index (χ0n) is 9.51. The number of aromatic carboxylic acids is 1. The van der Waals surface area contributed by atoms with Gasteiger partial charge in [0.05, 0.1) is 5.52 Å². The average molecular weight is 232 g/mol. The maximum absolute atomic E-state index is 11.2. The van der Waals surface area contributed by atoms with Gasteiger partial charge in [0.25, 0.3) is 0 Å². The van der Waals surface area contributed by atoms with E-state index in [-0.39, 0.29) is 22.7 Å². The van der Waals surface area contributed by atoms with Crippen LogP contribution < -0.4 is 0 Å². The molecule has 0 saturated carbocycles. The Hall–Kier alpha value is -2.17. The van der Waals surface area contributed by atoms with E-state index in [0.29, 0.717) is 11.1 Å². The molecule has 1 heterocycles. The minimum atomic E-state index is -1.20. The van der Waals surface area contributed by atoms with Crippen LogP contribution in [0.25, 0.3) is 11.0 Å². The molecule has 0 aliphatic heterocycles. The van der Waals surface area contributed by atoms with Gasteiger partial charge in [0.2, 0.25) is 0 Å². The third-order valence-electron chi connectivity index (χ3n) is 2.60. The number of nitrogens with zero attached hydrogens (tertiary/aromatic N) is 2. The van der Waals surface area contributed by atoms with Gasteiger partial charge >= 0.3 is 5.97 Å². The number of aromatic nitrogens is 2. The van der Waals surface area contributed by atoms with Crippen molar-refractivity contribution in [3.63, 3.8) is 0 Å². The highest BCUT2D eigenvalue weighted by Gasteiger charge is 2.21. The summed E-state index contributed by atoms with van der Waals surface area (Å²) >= 11 is 0. The molecule has 0 aliphatic carbocycles. The zero-order valence-corrected chi connectivity index (χ0v) is 9.51. The highest BCUT2D eigenvalue weighted by molar-refractivity contribution is 6.04. The highest BCUT2D eigenvalue weighted by atomic mass is 16.4. The second-order valence-corrected chi connectivity index (χ2v) is 4.07. The van der Waals surface area contributed by atoms with Crippen molar-refractivity contribution in [2.24, 2.45) is 0 Å². The predicted octanol–water partition coefficient (Wildman–Crippen LogP) is 2.16. The van der Waals surface area contributed by atoms with E-state index in [9.17, 15) is 9.90 Å². The molecule has 0 fully saturated rings. The zero-order chi connectivity index (χ0) is 12.6. The lowest BCUT2D eigenvalue weighted by atomic mass is 9.97. The lowest BCUT2D eigenvalue weighted by molar-refractivity contribution is 0.0695. The standard InChI is InChI=1S/C12H12N2O3/c1-6(2)7-5-8-10(14-4-3-13-8)9(11(7)15)12(16)17/h3-6,15H,1-2H3,(H,16,17). The molecule has 5 nitrogen and oxygen atoms in total. The molecule has 0 amide bonds. The van der Waals surface area contributed by atoms with Crippen LogP contribution >= 0.6 is 0 Å². The van der Waals surface area contributed by atoms with E-state index in [1.165, 1.54) is 12.4 Å². The Kier molecular flexibility index (Phi) is 2.67. The van der Waals surface area contributed by atoms with Crippen LogP contribution in [-0.4, -0.2) is 26.2 Å². The van der Waals surface area contributed by atoms with Crippen LogP contribution in [0.15, 0.2) is 18.5 Å². The summed E-state index contributed by atoms with van der Waals surface area (Å²) < 4.78 is 0. The molecule has 0 unspecified atom stereocenters. The molecule has 2 aromatic rings. The van der Waals surface area contributed by atoms with Gasteiger partial charge in [-0.2, -0.15) is 0 Å². The number of aromatic hydroxyl groups is 1. The van der Waals surface area contributed by atoms with E-state index in [1.54, 1.807) is 6.07 Å². The summed E-state index contributed by atoms with van der Waals surface area (Å²) in [6.45, 7) is 3.76. The summed E-state index contributed by atoms with van der Waals surface area (Å²) in [5.74, 6) is -1.41. The Morgan fingerprint density at radius 3 is 2.53 bits per heavy atom. The Bertz CT molecular complexity index is 594. The normalized spacial score (nSPS) is 11.0. The predicted molar refractivity (Wildman–Crippen MR) is 62.3 cm³/mol. The number of hydrogen-bond donors (Lipinski definition) is 2. The quantitative estimate of drug-likeness (QED) is 0.828. The van der Waals surface area contributed by atoms with Crippen LogP contribution in [0, 0.1) is 0 Å². The highest BCUT2D eigenvalue weighted by Crippen LogP contribution is 2.33. The number of carbonyl (C=O) groups is 1. The molecule has 0 atom stereocenters. The van der Waals surface area contributed by atoms with Gasteiger partial charge in [-0.3, -0.25) is 9.97 Å². The first kappa shape index (κ1) is 11.3. The maximum Gasteiger partial charge on any atom is 0.341 e. The fourth-order valence-corrected chi connectivity index (χ4v) is 1.76. The van der Waals surface area contributed by atoms with Crippen LogP contribution in [0.1, 0.15) is 35.7 Å². The third kappa shape index (κ3) is 1.80. The van der Waals surface area contributed by atoms with Crippen molar-refractivity contribution in [1.82, 2.24) is 9.97 Å². The van der Waals surface area contributed by atoms with Crippen LogP contribution in [0.3, 0.4) is 0 Å². The number of rotatable bonds is 2. The second-order valence-electron chi connectivity index (χ2n) is 4.07. The van der Waals surface area contributed by atoms with Gasteiger partial charge in [0, 0.05) is 12.4 Å². The van der Waals surface area contributed by atoms with Crippen molar-refractivity contribution in [1.29, 1.82) is 0 Å². The molecule has 1 aromatic carbocycles. The molecule has 0 aliphatic rings. The molecular weight excluding hydrogens is 220 g/mol. The molecular formula is C12H12N2O3. The fraction of sp³-hybridized carbons (Fsp3) is 0.250. The van der Waals surface area contributed by atoms with Crippen molar-refractivity contribution in [2.75, 3.05) is 0 Å². The lowest BCUT2D eigenvalue weighted by Crippen LogP contribution is -2.03. The van der Waals surface area contributed by atoms with Gasteiger partial charge in [-0.1, -0.05) is 13.8 Å². The van der Waals surface area contributed by atoms with E-state index in [1.807, 2.05) is 13.8 Å². The molecule has 17 heavy (non-hydrogen) atoms. The molecule has 88 valence electrons. The molecule has 2 N–H and O–H groups in total. The number of fused-ring (bicyclic) bond motifs is 1. The summed E-state index contributed by atoms with van der Waals surface area (Å²) in [4.78, 5) is 19.2. The van der Waals surface area contributed by atoms with Crippen molar-refractivity contribution in [2.45, 2.75) is 19.8 Å². The SMILES string of the molecule is CC(C)c1cc2nccnc2c(C(=O)O)c1O. The summed E-state index contributed by atoms with van der Waals surface area (Å²) in [5.41, 5.74) is 1.07. The van der Waals surface area contributed by atoms with E-state index in [4.69, 9.17) is 5.11 Å². The first-order valence-corrected chi connectivity index (χ1v) is 5.22. The Morgan fingerprint density at radius 2 is 1.94 bits per heavy atom. The topological polar surface area (TPSA) is 83.3 Å². The van der Waals surface area contributed by atoms with Gasteiger partial charge in [-0.25, -0.2) is 4.79 Å². The number of hydrogen-bond acceptors (Lipinski definition) is 4. The molecule has 0 spiro atoms. The molecule has 0 radical (unpaired) electrons. The van der Waals surface area contributed by atoms with Crippen molar-refractivity contribution >= 4 is 17.0 Å². The van der Waals surface area contributed by atoms with E-state index < -0.39 is 5.97 Å². The van der Waals surface area contributed by atoms with E-state index in [0.717, 1.165) is 0 Å². The van der Waals surface area contributed by atoms with Crippen molar-refractivity contribution < 1.29 is 15.0 Å². The van der Waals surface area contributed by atoms with Gasteiger partial charge in [-0.15, -0.1) is 0 Å². The second kappa shape index (κ2) is 4.01. The fourth-order valence-electron chi connectivity index (χ4n) is 1.76. The summed E-state index contributed by atoms with van der Waals surface area (Å²) in [6, 6.07) is 1.68. The van der Waals surface area contributed by atoms with Crippen LogP contribution in [0.2, 0.25) is 0 Å². The average Bonchev–Trinajstić information content (AvgIpc) is 2.27. The van der Waals surface area contributed by atoms with Gasteiger partial charge in [0.1, 0.15) is 16.8 Å². The first-order valence-electron chi connectivity index (χ1n) is 5.22. The minimum Gasteiger partial charge on any atom is -0.507 e. The van der Waals surface area contributed by atoms with E-state index in [2.05, 4.69) is 9.97 Å². The minimum absolute atomic E-state index is 0.0134. The molecule has 1 aromatic heterocycles. The van der Waals surface area contributed by atoms with Crippen molar-refractivity contribution in [3.8, 4) is 5.75 Å². The molecule has 5 heteroatoms. The van der Waals surface area contributed by atoms with Crippen LogP contribution in [0.4, 0.5) is 0 Å². The first-order chi connectivity index (χ1) is 8.02. The maximum atomic E-state index is 11.2. The smallest absolute Gasteiger partial charge is 0.341 e. The lowest BCUT2D eigenvalue weighted by Gasteiger charge is -2.12. The van der Waals surface area contributed by atoms with E-state index >= 15 is 0 Å². The molecule has 0 bridgehead atoms. The number of benzene rings is 1. The van der Waals surface area contributed by atoms with Crippen LogP contribution in [-0.2, 0) is 0 Å². The largest absolute Gasteiger partial charge is 0.507 e. The van der Waals surface area contributed by atoms with Crippen molar-refractivity contribution in [3.05, 3.63) is 29.6 Å². The van der Waals surface area contributed by atoms with Gasteiger partial charge in [0.15, 0.2) is 0 Å². The third-order valence-corrected chi connectivity index (χ3v) is 2.60. The number of carboxylic acid groups (broad SMARTS) is 1. The summed E-state index contributed by atoms with van der Waals surface area (Å²) in [7, 11) is 0. The molecule has 2 rings (SSSR count). The molecule has 0 saturated heterocycles. The summed E-state index contributed by atoms with van der Waals surface area (Å²) in [5, 5.41) is 19.1. The van der Waals surface area contributed by atoms with Gasteiger partial charge < -0.3 is 10.2 Å². The number of phenols is 1. The Balaban J connectivity index is 2.90. The van der Waals surface area contributed by atoms with Gasteiger partial charge in [-0.05, 0) is 17.5 Å². The van der Waals surface area contributed by atoms with Crippen LogP contribution in [0.5, 0.6) is 5.75 Å². The number of carboxylic acids is 1.